The fraction of sp³-hybridized carbons (Fsp3) is 0.321. The van der Waals surface area contributed by atoms with Crippen molar-refractivity contribution < 1.29 is 9.53 Å². The van der Waals surface area contributed by atoms with Gasteiger partial charge >= 0.3 is 0 Å². The fourth-order valence-corrected chi connectivity index (χ4v) is 5.09. The molecule has 0 radical (unpaired) electrons. The molecule has 0 N–H and O–H groups in total. The topological polar surface area (TPSA) is 29.5 Å². The van der Waals surface area contributed by atoms with Gasteiger partial charge in [-0.3, -0.25) is 4.79 Å². The van der Waals surface area contributed by atoms with Crippen molar-refractivity contribution in [2.75, 3.05) is 11.5 Å². The molecule has 0 fully saturated rings. The molecule has 0 bridgehead atoms. The summed E-state index contributed by atoms with van der Waals surface area (Å²) in [5, 5.41) is 0. The van der Waals surface area contributed by atoms with Crippen molar-refractivity contribution in [3.05, 3.63) is 95.1 Å². The summed E-state index contributed by atoms with van der Waals surface area (Å²) in [6.45, 7) is 11.4. The van der Waals surface area contributed by atoms with Crippen LogP contribution in [0.5, 0.6) is 5.75 Å². The van der Waals surface area contributed by atoms with Crippen LogP contribution in [0.3, 0.4) is 0 Å². The Kier molecular flexibility index (Phi) is 5.38. The maximum Gasteiger partial charge on any atom is 0.258 e. The van der Waals surface area contributed by atoms with Gasteiger partial charge in [0.2, 0.25) is 0 Å². The van der Waals surface area contributed by atoms with E-state index in [2.05, 4.69) is 58.0 Å². The summed E-state index contributed by atoms with van der Waals surface area (Å²) in [7, 11) is 0. The Morgan fingerprint density at radius 1 is 0.968 bits per heavy atom. The van der Waals surface area contributed by atoms with Crippen molar-refractivity contribution in [3.63, 3.8) is 0 Å². The first-order chi connectivity index (χ1) is 14.8. The molecule has 1 unspecified atom stereocenters. The van der Waals surface area contributed by atoms with E-state index in [1.807, 2.05) is 54.3 Å². The number of anilines is 1. The monoisotopic (exact) mass is 413 g/mol. The fourth-order valence-electron chi connectivity index (χ4n) is 5.09. The van der Waals surface area contributed by atoms with E-state index in [1.54, 1.807) is 0 Å². The zero-order valence-corrected chi connectivity index (χ0v) is 19.1. The number of fused-ring (bicyclic) bond motifs is 1. The zero-order valence-electron chi connectivity index (χ0n) is 19.1. The number of ether oxygens (including phenoxy) is 1. The molecule has 1 aliphatic rings. The molecule has 31 heavy (non-hydrogen) atoms. The molecule has 160 valence electrons. The van der Waals surface area contributed by atoms with Crippen LogP contribution in [0.2, 0.25) is 0 Å². The molecule has 3 aromatic rings. The lowest BCUT2D eigenvalue weighted by Crippen LogP contribution is -2.55. The molecule has 3 nitrogen and oxygen atoms in total. The smallest absolute Gasteiger partial charge is 0.258 e. The van der Waals surface area contributed by atoms with Crippen molar-refractivity contribution in [1.82, 2.24) is 0 Å². The van der Waals surface area contributed by atoms with Crippen LogP contribution in [-0.4, -0.2) is 18.1 Å². The molecule has 1 heterocycles. The maximum absolute atomic E-state index is 13.6. The molecule has 3 aromatic carbocycles. The van der Waals surface area contributed by atoms with Crippen molar-refractivity contribution in [1.29, 1.82) is 0 Å². The van der Waals surface area contributed by atoms with E-state index in [0.29, 0.717) is 12.2 Å². The number of hydrogen-bond acceptors (Lipinski definition) is 2. The highest BCUT2D eigenvalue weighted by Crippen LogP contribution is 2.51. The molecule has 4 rings (SSSR count). The minimum Gasteiger partial charge on any atom is -0.494 e. The van der Waals surface area contributed by atoms with Crippen molar-refractivity contribution in [3.8, 4) is 5.75 Å². The second-order valence-electron chi connectivity index (χ2n) is 9.31. The molecule has 1 atom stereocenters. The van der Waals surface area contributed by atoms with Crippen LogP contribution in [0.15, 0.2) is 72.8 Å². The number of carbonyl (C=O) groups is 1. The minimum atomic E-state index is -0.359. The van der Waals surface area contributed by atoms with Gasteiger partial charge in [-0.25, -0.2) is 0 Å². The SMILES string of the molecule is CCOc1ccc(C2(C)CC(C)(C)N(C(=O)c3ccccc3)c3ccc(C)cc32)cc1. The van der Waals surface area contributed by atoms with Crippen LogP contribution in [0.4, 0.5) is 5.69 Å². The highest BCUT2D eigenvalue weighted by atomic mass is 16.5. The van der Waals surface area contributed by atoms with Gasteiger partial charge in [-0.2, -0.15) is 0 Å². The number of carbonyl (C=O) groups excluding carboxylic acids is 1. The molecular weight excluding hydrogens is 382 g/mol. The first kappa shape index (κ1) is 21.2. The third-order valence-electron chi connectivity index (χ3n) is 6.41. The van der Waals surface area contributed by atoms with Gasteiger partial charge in [0.25, 0.3) is 5.91 Å². The predicted molar refractivity (Wildman–Crippen MR) is 127 cm³/mol. The van der Waals surface area contributed by atoms with Gasteiger partial charge in [0.15, 0.2) is 0 Å². The summed E-state index contributed by atoms with van der Waals surface area (Å²) in [4.78, 5) is 15.6. The molecule has 0 saturated heterocycles. The quantitative estimate of drug-likeness (QED) is 0.487. The van der Waals surface area contributed by atoms with Crippen LogP contribution < -0.4 is 9.64 Å². The Morgan fingerprint density at radius 2 is 1.65 bits per heavy atom. The largest absolute Gasteiger partial charge is 0.494 e. The van der Waals surface area contributed by atoms with Crippen LogP contribution >= 0.6 is 0 Å². The lowest BCUT2D eigenvalue weighted by Gasteiger charge is -2.51. The number of amides is 1. The minimum absolute atomic E-state index is 0.0458. The maximum atomic E-state index is 13.6. The number of nitrogens with zero attached hydrogens (tertiary/aromatic N) is 1. The van der Waals surface area contributed by atoms with E-state index in [1.165, 1.54) is 16.7 Å². The normalized spacial score (nSPS) is 19.6. The summed E-state index contributed by atoms with van der Waals surface area (Å²) in [5.41, 5.74) is 4.76. The van der Waals surface area contributed by atoms with Crippen LogP contribution in [-0.2, 0) is 5.41 Å². The van der Waals surface area contributed by atoms with Gasteiger partial charge in [-0.15, -0.1) is 0 Å². The Bertz CT molecular complexity index is 1090. The van der Waals surface area contributed by atoms with Gasteiger partial charge < -0.3 is 9.64 Å². The average molecular weight is 414 g/mol. The summed E-state index contributed by atoms with van der Waals surface area (Å²) in [6.07, 6.45) is 0.822. The van der Waals surface area contributed by atoms with Crippen LogP contribution in [0.1, 0.15) is 61.2 Å². The molecule has 3 heteroatoms. The van der Waals surface area contributed by atoms with Crippen molar-refractivity contribution >= 4 is 11.6 Å². The van der Waals surface area contributed by atoms with Crippen molar-refractivity contribution in [2.24, 2.45) is 0 Å². The number of rotatable bonds is 4. The molecule has 0 aliphatic carbocycles. The second kappa shape index (κ2) is 7.88. The van der Waals surface area contributed by atoms with E-state index in [9.17, 15) is 4.79 Å². The molecule has 0 saturated carbocycles. The summed E-state index contributed by atoms with van der Waals surface area (Å²) < 4.78 is 5.66. The number of aryl methyl sites for hydroxylation is 1. The standard InChI is InChI=1S/C28H31NO2/c1-6-31-23-15-13-22(14-16-23)28(5)19-27(3,4)29(25-17-12-20(2)18-24(25)28)26(30)21-10-8-7-9-11-21/h7-18H,6,19H2,1-5H3. The lowest BCUT2D eigenvalue weighted by molar-refractivity contribution is 0.0948. The molecule has 0 spiro atoms. The van der Waals surface area contributed by atoms with E-state index in [4.69, 9.17) is 4.74 Å². The van der Waals surface area contributed by atoms with E-state index >= 15 is 0 Å². The van der Waals surface area contributed by atoms with Gasteiger partial charge in [-0.05, 0) is 75.6 Å². The van der Waals surface area contributed by atoms with E-state index < -0.39 is 0 Å². The van der Waals surface area contributed by atoms with E-state index in [-0.39, 0.29) is 16.9 Å². The Morgan fingerprint density at radius 3 is 2.29 bits per heavy atom. The van der Waals surface area contributed by atoms with Crippen molar-refractivity contribution in [2.45, 2.75) is 52.0 Å². The summed E-state index contributed by atoms with van der Waals surface area (Å²) >= 11 is 0. The first-order valence-corrected chi connectivity index (χ1v) is 11.0. The second-order valence-corrected chi connectivity index (χ2v) is 9.31. The Labute approximate surface area is 185 Å². The molecule has 0 aromatic heterocycles. The zero-order chi connectivity index (χ0) is 22.2. The van der Waals surface area contributed by atoms with Gasteiger partial charge in [-0.1, -0.05) is 55.0 Å². The van der Waals surface area contributed by atoms with Gasteiger partial charge in [0.05, 0.1) is 6.61 Å². The third kappa shape index (κ3) is 3.74. The van der Waals surface area contributed by atoms with E-state index in [0.717, 1.165) is 17.9 Å². The third-order valence-corrected chi connectivity index (χ3v) is 6.41. The van der Waals surface area contributed by atoms with Crippen LogP contribution in [0.25, 0.3) is 0 Å². The Balaban J connectivity index is 1.86. The predicted octanol–water partition coefficient (Wildman–Crippen LogP) is 6.53. The van der Waals surface area contributed by atoms with Gasteiger partial charge in [0.1, 0.15) is 5.75 Å². The Hall–Kier alpha value is -3.07. The van der Waals surface area contributed by atoms with Gasteiger partial charge in [0, 0.05) is 22.2 Å². The number of benzene rings is 3. The highest BCUT2D eigenvalue weighted by Gasteiger charge is 2.47. The highest BCUT2D eigenvalue weighted by molar-refractivity contribution is 6.08. The lowest BCUT2D eigenvalue weighted by atomic mass is 9.65. The number of hydrogen-bond donors (Lipinski definition) is 0. The molecular formula is C28H31NO2. The first-order valence-electron chi connectivity index (χ1n) is 11.0. The molecule has 1 aliphatic heterocycles. The average Bonchev–Trinajstić information content (AvgIpc) is 2.75. The van der Waals surface area contributed by atoms with Crippen LogP contribution in [0, 0.1) is 6.92 Å². The summed E-state index contributed by atoms with van der Waals surface area (Å²) in [5.74, 6) is 0.930. The summed E-state index contributed by atoms with van der Waals surface area (Å²) in [6, 6.07) is 24.5. The molecule has 1 amide bonds.